The summed E-state index contributed by atoms with van der Waals surface area (Å²) >= 11 is 0. The largest absolute Gasteiger partial charge is 0.497 e. The van der Waals surface area contributed by atoms with Gasteiger partial charge >= 0.3 is 0 Å². The lowest BCUT2D eigenvalue weighted by Crippen LogP contribution is -2.05. The highest BCUT2D eigenvalue weighted by Crippen LogP contribution is 2.21. The van der Waals surface area contributed by atoms with E-state index in [2.05, 4.69) is 12.0 Å². The molecular weight excluding hydrogens is 226 g/mol. The van der Waals surface area contributed by atoms with E-state index in [9.17, 15) is 0 Å². The monoisotopic (exact) mass is 245 g/mol. The Bertz CT molecular complexity index is 546. The molecule has 0 atom stereocenters. The minimum Gasteiger partial charge on any atom is -0.497 e. The van der Waals surface area contributed by atoms with E-state index >= 15 is 0 Å². The molecule has 0 aliphatic rings. The number of nitrogens with zero attached hydrogens (tertiary/aromatic N) is 2. The Morgan fingerprint density at radius 2 is 2.11 bits per heavy atom. The van der Waals surface area contributed by atoms with Crippen LogP contribution in [0.25, 0.3) is 5.69 Å². The molecule has 0 fully saturated rings. The van der Waals surface area contributed by atoms with Gasteiger partial charge in [-0.25, -0.2) is 4.68 Å². The van der Waals surface area contributed by atoms with Crippen LogP contribution >= 0.6 is 0 Å². The molecule has 4 heteroatoms. The first kappa shape index (κ1) is 12.6. The lowest BCUT2D eigenvalue weighted by Gasteiger charge is -2.07. The Balaban J connectivity index is 2.47. The molecule has 0 saturated heterocycles. The number of aromatic nitrogens is 2. The SMILES string of the molecule is COc1cccc(-n2nc(C)c(CCN)c2C)c1. The minimum atomic E-state index is 0.644. The molecule has 0 unspecified atom stereocenters. The second-order valence-electron chi connectivity index (χ2n) is 4.30. The topological polar surface area (TPSA) is 53.1 Å². The van der Waals surface area contributed by atoms with Crippen LogP contribution in [0, 0.1) is 13.8 Å². The quantitative estimate of drug-likeness (QED) is 0.896. The summed E-state index contributed by atoms with van der Waals surface area (Å²) in [6.07, 6.45) is 0.863. The molecule has 0 bridgehead atoms. The van der Waals surface area contributed by atoms with Gasteiger partial charge in [0.1, 0.15) is 5.75 Å². The fraction of sp³-hybridized carbons (Fsp3) is 0.357. The van der Waals surface area contributed by atoms with Gasteiger partial charge < -0.3 is 10.5 Å². The molecule has 0 aliphatic heterocycles. The number of hydrogen-bond donors (Lipinski definition) is 1. The third-order valence-corrected chi connectivity index (χ3v) is 3.13. The van der Waals surface area contributed by atoms with Gasteiger partial charge in [0.15, 0.2) is 0 Å². The van der Waals surface area contributed by atoms with Crippen molar-refractivity contribution in [3.63, 3.8) is 0 Å². The van der Waals surface area contributed by atoms with Gasteiger partial charge in [0, 0.05) is 11.8 Å². The molecule has 1 aromatic carbocycles. The van der Waals surface area contributed by atoms with Crippen molar-refractivity contribution in [3.05, 3.63) is 41.2 Å². The van der Waals surface area contributed by atoms with Gasteiger partial charge in [-0.1, -0.05) is 6.07 Å². The van der Waals surface area contributed by atoms with E-state index < -0.39 is 0 Å². The van der Waals surface area contributed by atoms with E-state index in [0.717, 1.165) is 29.2 Å². The van der Waals surface area contributed by atoms with E-state index in [0.29, 0.717) is 6.54 Å². The van der Waals surface area contributed by atoms with Crippen LogP contribution in [0.4, 0.5) is 0 Å². The van der Waals surface area contributed by atoms with Crippen molar-refractivity contribution in [3.8, 4) is 11.4 Å². The van der Waals surface area contributed by atoms with Gasteiger partial charge in [-0.3, -0.25) is 0 Å². The Hall–Kier alpha value is -1.81. The van der Waals surface area contributed by atoms with Gasteiger partial charge in [0.25, 0.3) is 0 Å². The van der Waals surface area contributed by atoms with E-state index in [1.807, 2.05) is 35.9 Å². The van der Waals surface area contributed by atoms with Crippen molar-refractivity contribution in [2.24, 2.45) is 5.73 Å². The maximum absolute atomic E-state index is 5.63. The second kappa shape index (κ2) is 5.23. The first-order chi connectivity index (χ1) is 8.67. The van der Waals surface area contributed by atoms with Crippen LogP contribution in [-0.2, 0) is 6.42 Å². The summed E-state index contributed by atoms with van der Waals surface area (Å²) in [4.78, 5) is 0. The molecule has 1 aromatic heterocycles. The molecule has 0 radical (unpaired) electrons. The minimum absolute atomic E-state index is 0.644. The predicted octanol–water partition coefficient (Wildman–Crippen LogP) is 2.00. The Morgan fingerprint density at radius 1 is 1.33 bits per heavy atom. The fourth-order valence-corrected chi connectivity index (χ4v) is 2.17. The molecule has 2 aromatic rings. The summed E-state index contributed by atoms with van der Waals surface area (Å²) in [6, 6.07) is 7.89. The predicted molar refractivity (Wildman–Crippen MR) is 72.3 cm³/mol. The van der Waals surface area contributed by atoms with Crippen LogP contribution in [0.1, 0.15) is 17.0 Å². The highest BCUT2D eigenvalue weighted by molar-refractivity contribution is 5.42. The zero-order chi connectivity index (χ0) is 13.1. The third-order valence-electron chi connectivity index (χ3n) is 3.13. The Labute approximate surface area is 107 Å². The molecule has 96 valence electrons. The molecule has 0 spiro atoms. The average molecular weight is 245 g/mol. The lowest BCUT2D eigenvalue weighted by molar-refractivity contribution is 0.414. The molecule has 2 N–H and O–H groups in total. The summed E-state index contributed by atoms with van der Waals surface area (Å²) in [5.74, 6) is 0.834. The van der Waals surface area contributed by atoms with Crippen molar-refractivity contribution in [1.29, 1.82) is 0 Å². The number of hydrogen-bond acceptors (Lipinski definition) is 3. The number of benzene rings is 1. The zero-order valence-corrected chi connectivity index (χ0v) is 11.1. The molecule has 0 aliphatic carbocycles. The van der Waals surface area contributed by atoms with Crippen LogP contribution in [0.5, 0.6) is 5.75 Å². The molecule has 4 nitrogen and oxygen atoms in total. The van der Waals surface area contributed by atoms with Crippen LogP contribution in [0.2, 0.25) is 0 Å². The number of nitrogens with two attached hydrogens (primary N) is 1. The van der Waals surface area contributed by atoms with Crippen molar-refractivity contribution in [2.45, 2.75) is 20.3 Å². The van der Waals surface area contributed by atoms with Gasteiger partial charge in [0.2, 0.25) is 0 Å². The molecule has 0 saturated carbocycles. The Kier molecular flexibility index (Phi) is 3.67. The molecular formula is C14H19N3O. The summed E-state index contributed by atoms with van der Waals surface area (Å²) in [5.41, 5.74) is 10.1. The molecule has 18 heavy (non-hydrogen) atoms. The average Bonchev–Trinajstić information content (AvgIpc) is 2.67. The Morgan fingerprint density at radius 3 is 2.78 bits per heavy atom. The highest BCUT2D eigenvalue weighted by atomic mass is 16.5. The fourth-order valence-electron chi connectivity index (χ4n) is 2.17. The first-order valence-electron chi connectivity index (χ1n) is 6.07. The van der Waals surface area contributed by atoms with E-state index in [4.69, 9.17) is 10.5 Å². The number of aryl methyl sites for hydroxylation is 1. The van der Waals surface area contributed by atoms with Crippen molar-refractivity contribution >= 4 is 0 Å². The second-order valence-corrected chi connectivity index (χ2v) is 4.30. The summed E-state index contributed by atoms with van der Waals surface area (Å²) < 4.78 is 7.19. The normalized spacial score (nSPS) is 10.7. The van der Waals surface area contributed by atoms with Crippen molar-refractivity contribution in [2.75, 3.05) is 13.7 Å². The third kappa shape index (κ3) is 2.24. The van der Waals surface area contributed by atoms with Crippen LogP contribution in [0.15, 0.2) is 24.3 Å². The molecule has 1 heterocycles. The van der Waals surface area contributed by atoms with Gasteiger partial charge in [-0.15, -0.1) is 0 Å². The van der Waals surface area contributed by atoms with Gasteiger partial charge in [-0.2, -0.15) is 5.10 Å². The molecule has 0 amide bonds. The number of methoxy groups -OCH3 is 1. The lowest BCUT2D eigenvalue weighted by atomic mass is 10.1. The van der Waals surface area contributed by atoms with Crippen LogP contribution in [0.3, 0.4) is 0 Å². The standard InChI is InChI=1S/C14H19N3O/c1-10-14(7-8-15)11(2)17(16-10)12-5-4-6-13(9-12)18-3/h4-6,9H,7-8,15H2,1-3H3. The maximum atomic E-state index is 5.63. The van der Waals surface area contributed by atoms with Crippen LogP contribution in [-0.4, -0.2) is 23.4 Å². The van der Waals surface area contributed by atoms with Crippen LogP contribution < -0.4 is 10.5 Å². The van der Waals surface area contributed by atoms with Gasteiger partial charge in [-0.05, 0) is 44.5 Å². The number of rotatable bonds is 4. The summed E-state index contributed by atoms with van der Waals surface area (Å²) in [6.45, 7) is 4.74. The van der Waals surface area contributed by atoms with Crippen molar-refractivity contribution < 1.29 is 4.74 Å². The highest BCUT2D eigenvalue weighted by Gasteiger charge is 2.12. The zero-order valence-electron chi connectivity index (χ0n) is 11.1. The first-order valence-corrected chi connectivity index (χ1v) is 6.07. The van der Waals surface area contributed by atoms with E-state index in [1.54, 1.807) is 7.11 Å². The molecule has 2 rings (SSSR count). The maximum Gasteiger partial charge on any atom is 0.121 e. The number of ether oxygens (including phenoxy) is 1. The summed E-state index contributed by atoms with van der Waals surface area (Å²) in [5, 5.41) is 4.58. The smallest absolute Gasteiger partial charge is 0.121 e. The van der Waals surface area contributed by atoms with E-state index in [-0.39, 0.29) is 0 Å². The van der Waals surface area contributed by atoms with Gasteiger partial charge in [0.05, 0.1) is 18.5 Å². The summed E-state index contributed by atoms with van der Waals surface area (Å²) in [7, 11) is 1.67. The van der Waals surface area contributed by atoms with E-state index in [1.165, 1.54) is 5.56 Å². The van der Waals surface area contributed by atoms with Crippen molar-refractivity contribution in [1.82, 2.24) is 9.78 Å².